The summed E-state index contributed by atoms with van der Waals surface area (Å²) in [4.78, 5) is 27.0. The average molecular weight is 389 g/mol. The molecule has 0 aromatic carbocycles. The van der Waals surface area contributed by atoms with Crippen LogP contribution in [0, 0.1) is 5.82 Å². The second-order valence-corrected chi connectivity index (χ2v) is 7.39. The van der Waals surface area contributed by atoms with Crippen molar-refractivity contribution in [3.05, 3.63) is 47.0 Å². The van der Waals surface area contributed by atoms with Gasteiger partial charge in [-0.2, -0.15) is 0 Å². The standard InChI is InChI=1S/C18H17F2N5OS/c1-10(11-6-13(20)8-21-7-11)22-18-23-14-3-5-27-16(14)15(24-18)17(26)25-4-2-12(19)9-25/h3,5-8,10,12H,2,4,9H2,1H3,(H,22,23,24). The van der Waals surface area contributed by atoms with Crippen molar-refractivity contribution in [2.45, 2.75) is 25.6 Å². The van der Waals surface area contributed by atoms with Crippen molar-refractivity contribution in [2.75, 3.05) is 18.4 Å². The zero-order chi connectivity index (χ0) is 19.0. The van der Waals surface area contributed by atoms with E-state index < -0.39 is 12.0 Å². The number of halogens is 2. The molecule has 3 aromatic heterocycles. The number of carbonyl (C=O) groups excluding carboxylic acids is 1. The molecule has 0 bridgehead atoms. The van der Waals surface area contributed by atoms with E-state index in [1.807, 2.05) is 12.3 Å². The average Bonchev–Trinajstić information content (AvgIpc) is 3.29. The number of anilines is 1. The van der Waals surface area contributed by atoms with Crippen molar-refractivity contribution in [1.82, 2.24) is 19.9 Å². The normalized spacial score (nSPS) is 18.0. The van der Waals surface area contributed by atoms with Crippen LogP contribution in [0.1, 0.15) is 35.4 Å². The summed E-state index contributed by atoms with van der Waals surface area (Å²) in [7, 11) is 0. The molecule has 4 rings (SSSR count). The highest BCUT2D eigenvalue weighted by molar-refractivity contribution is 7.17. The molecule has 2 atom stereocenters. The van der Waals surface area contributed by atoms with Gasteiger partial charge in [-0.25, -0.2) is 18.7 Å². The molecule has 3 aromatic rings. The van der Waals surface area contributed by atoms with Gasteiger partial charge in [0.2, 0.25) is 5.95 Å². The molecular weight excluding hydrogens is 372 g/mol. The second-order valence-electron chi connectivity index (χ2n) is 6.47. The van der Waals surface area contributed by atoms with Gasteiger partial charge in [-0.3, -0.25) is 9.78 Å². The number of amides is 1. The van der Waals surface area contributed by atoms with Crippen molar-refractivity contribution >= 4 is 33.4 Å². The lowest BCUT2D eigenvalue weighted by molar-refractivity contribution is 0.0779. The molecule has 4 heterocycles. The van der Waals surface area contributed by atoms with Crippen molar-refractivity contribution in [1.29, 1.82) is 0 Å². The molecule has 0 spiro atoms. The van der Waals surface area contributed by atoms with Gasteiger partial charge >= 0.3 is 0 Å². The maximum Gasteiger partial charge on any atom is 0.274 e. The van der Waals surface area contributed by atoms with Crippen LogP contribution in [0.4, 0.5) is 14.7 Å². The highest BCUT2D eigenvalue weighted by atomic mass is 32.1. The first kappa shape index (κ1) is 17.7. The van der Waals surface area contributed by atoms with Crippen molar-refractivity contribution in [3.63, 3.8) is 0 Å². The Bertz CT molecular complexity index is 995. The zero-order valence-electron chi connectivity index (χ0n) is 14.5. The molecule has 9 heteroatoms. The Balaban J connectivity index is 1.65. The van der Waals surface area contributed by atoms with Crippen molar-refractivity contribution < 1.29 is 13.6 Å². The van der Waals surface area contributed by atoms with Gasteiger partial charge in [-0.15, -0.1) is 11.3 Å². The maximum atomic E-state index is 13.5. The van der Waals surface area contributed by atoms with Gasteiger partial charge in [0.1, 0.15) is 12.0 Å². The Morgan fingerprint density at radius 3 is 3.00 bits per heavy atom. The first-order valence-corrected chi connectivity index (χ1v) is 9.45. The minimum Gasteiger partial charge on any atom is -0.348 e. The molecule has 6 nitrogen and oxygen atoms in total. The summed E-state index contributed by atoms with van der Waals surface area (Å²) >= 11 is 1.37. The van der Waals surface area contributed by atoms with Crippen LogP contribution in [0.5, 0.6) is 0 Å². The molecule has 1 amide bonds. The summed E-state index contributed by atoms with van der Waals surface area (Å²) in [6.07, 6.45) is 2.04. The predicted octanol–water partition coefficient (Wildman–Crippen LogP) is 3.58. The lowest BCUT2D eigenvalue weighted by atomic mass is 10.1. The first-order valence-electron chi connectivity index (χ1n) is 8.57. The molecule has 1 fully saturated rings. The Hall–Kier alpha value is -2.68. The number of pyridine rings is 1. The van der Waals surface area contributed by atoms with E-state index in [1.165, 1.54) is 22.3 Å². The fourth-order valence-electron chi connectivity index (χ4n) is 3.07. The van der Waals surface area contributed by atoms with Gasteiger partial charge in [0.25, 0.3) is 5.91 Å². The molecule has 0 radical (unpaired) electrons. The van der Waals surface area contributed by atoms with E-state index in [4.69, 9.17) is 0 Å². The van der Waals surface area contributed by atoms with E-state index in [0.29, 0.717) is 28.7 Å². The molecule has 0 saturated carbocycles. The molecule has 27 heavy (non-hydrogen) atoms. The van der Waals surface area contributed by atoms with Crippen LogP contribution in [0.15, 0.2) is 29.9 Å². The Morgan fingerprint density at radius 1 is 1.41 bits per heavy atom. The zero-order valence-corrected chi connectivity index (χ0v) is 15.3. The summed E-state index contributed by atoms with van der Waals surface area (Å²) in [6, 6.07) is 2.88. The van der Waals surface area contributed by atoms with Crippen LogP contribution in [0.25, 0.3) is 10.2 Å². The fraction of sp³-hybridized carbons (Fsp3) is 0.333. The summed E-state index contributed by atoms with van der Waals surface area (Å²) in [5, 5.41) is 4.93. The minimum atomic E-state index is -0.993. The van der Waals surface area contributed by atoms with Crippen molar-refractivity contribution in [3.8, 4) is 0 Å². The fourth-order valence-corrected chi connectivity index (χ4v) is 3.88. The van der Waals surface area contributed by atoms with E-state index in [9.17, 15) is 13.6 Å². The summed E-state index contributed by atoms with van der Waals surface area (Å²) < 4.78 is 27.6. The number of alkyl halides is 1. The predicted molar refractivity (Wildman–Crippen MR) is 99.1 cm³/mol. The summed E-state index contributed by atoms with van der Waals surface area (Å²) in [5.41, 5.74) is 1.54. The second kappa shape index (κ2) is 7.15. The molecule has 1 N–H and O–H groups in total. The molecular formula is C18H17F2N5OS. The number of nitrogens with one attached hydrogen (secondary N) is 1. The van der Waals surface area contributed by atoms with Gasteiger partial charge in [-0.05, 0) is 36.4 Å². The third-order valence-electron chi connectivity index (χ3n) is 4.50. The molecule has 0 aliphatic carbocycles. The molecule has 2 unspecified atom stereocenters. The molecule has 1 aliphatic rings. The first-order chi connectivity index (χ1) is 13.0. The van der Waals surface area contributed by atoms with Crippen molar-refractivity contribution in [2.24, 2.45) is 0 Å². The third-order valence-corrected chi connectivity index (χ3v) is 5.41. The van der Waals surface area contributed by atoms with E-state index in [2.05, 4.69) is 20.3 Å². The van der Waals surface area contributed by atoms with E-state index >= 15 is 0 Å². The SMILES string of the molecule is CC(Nc1nc(C(=O)N2CCC(F)C2)c2sccc2n1)c1cncc(F)c1. The van der Waals surface area contributed by atoms with Gasteiger partial charge in [0, 0.05) is 12.7 Å². The number of aromatic nitrogens is 3. The number of thiophene rings is 1. The Labute approximate surface area is 158 Å². The highest BCUT2D eigenvalue weighted by Gasteiger charge is 2.29. The Kier molecular flexibility index (Phi) is 4.69. The molecule has 140 valence electrons. The van der Waals surface area contributed by atoms with Crippen LogP contribution in [0.3, 0.4) is 0 Å². The number of hydrogen-bond donors (Lipinski definition) is 1. The van der Waals surface area contributed by atoms with Crippen LogP contribution in [-0.2, 0) is 0 Å². The molecule has 1 saturated heterocycles. The van der Waals surface area contributed by atoms with E-state index in [0.717, 1.165) is 6.20 Å². The Morgan fingerprint density at radius 2 is 2.26 bits per heavy atom. The van der Waals surface area contributed by atoms with Gasteiger partial charge in [-0.1, -0.05) is 0 Å². The summed E-state index contributed by atoms with van der Waals surface area (Å²) in [6.45, 7) is 2.29. The lowest BCUT2D eigenvalue weighted by Crippen LogP contribution is -2.30. The third kappa shape index (κ3) is 3.59. The van der Waals surface area contributed by atoms with Crippen LogP contribution >= 0.6 is 11.3 Å². The number of hydrogen-bond acceptors (Lipinski definition) is 6. The highest BCUT2D eigenvalue weighted by Crippen LogP contribution is 2.27. The smallest absolute Gasteiger partial charge is 0.274 e. The number of fused-ring (bicyclic) bond motifs is 1. The maximum absolute atomic E-state index is 13.5. The largest absolute Gasteiger partial charge is 0.348 e. The van der Waals surface area contributed by atoms with Gasteiger partial charge < -0.3 is 10.2 Å². The van der Waals surface area contributed by atoms with Crippen LogP contribution < -0.4 is 5.32 Å². The van der Waals surface area contributed by atoms with Crippen LogP contribution in [0.2, 0.25) is 0 Å². The molecule has 1 aliphatic heterocycles. The monoisotopic (exact) mass is 389 g/mol. The number of likely N-dealkylation sites (tertiary alicyclic amines) is 1. The van der Waals surface area contributed by atoms with E-state index in [-0.39, 0.29) is 30.1 Å². The quantitative estimate of drug-likeness (QED) is 0.739. The topological polar surface area (TPSA) is 71.0 Å². The van der Waals surface area contributed by atoms with Gasteiger partial charge in [0.15, 0.2) is 5.69 Å². The summed E-state index contributed by atoms with van der Waals surface area (Å²) in [5.74, 6) is -0.467. The minimum absolute atomic E-state index is 0.0871. The van der Waals surface area contributed by atoms with Gasteiger partial charge in [0.05, 0.1) is 29.0 Å². The van der Waals surface area contributed by atoms with Crippen LogP contribution in [-0.4, -0.2) is 45.0 Å². The number of carbonyl (C=O) groups is 1. The number of nitrogens with zero attached hydrogens (tertiary/aromatic N) is 4. The van der Waals surface area contributed by atoms with E-state index in [1.54, 1.807) is 12.3 Å². The lowest BCUT2D eigenvalue weighted by Gasteiger charge is -2.17. The number of rotatable bonds is 4.